The zero-order valence-corrected chi connectivity index (χ0v) is 15.5. The maximum atomic E-state index is 12.5. The molecule has 0 atom stereocenters. The molecule has 1 fully saturated rings. The van der Waals surface area contributed by atoms with Crippen LogP contribution in [0.5, 0.6) is 11.5 Å². The van der Waals surface area contributed by atoms with Crippen molar-refractivity contribution in [1.82, 2.24) is 14.8 Å². The highest BCUT2D eigenvalue weighted by atomic mass is 19.3. The summed E-state index contributed by atoms with van der Waals surface area (Å²) in [4.78, 5) is 20.5. The van der Waals surface area contributed by atoms with Gasteiger partial charge in [0.05, 0.1) is 7.11 Å². The average Bonchev–Trinajstić information content (AvgIpc) is 2.69. The number of hydrogen-bond donors (Lipinski definition) is 1. The van der Waals surface area contributed by atoms with Crippen molar-refractivity contribution in [2.45, 2.75) is 13.2 Å². The first-order chi connectivity index (χ1) is 13.5. The molecule has 0 spiro atoms. The van der Waals surface area contributed by atoms with Gasteiger partial charge in [0.25, 0.3) is 0 Å². The van der Waals surface area contributed by atoms with Crippen LogP contribution in [0.1, 0.15) is 5.56 Å². The van der Waals surface area contributed by atoms with Crippen LogP contribution in [-0.2, 0) is 6.54 Å². The first-order valence-corrected chi connectivity index (χ1v) is 8.85. The summed E-state index contributed by atoms with van der Waals surface area (Å²) in [5.41, 5.74) is 1.49. The first kappa shape index (κ1) is 19.8. The fraction of sp³-hybridized carbons (Fsp3) is 0.368. The molecule has 3 rings (SSSR count). The highest BCUT2D eigenvalue weighted by Crippen LogP contribution is 2.31. The summed E-state index contributed by atoms with van der Waals surface area (Å²) in [6.07, 6.45) is 3.57. The number of rotatable bonds is 6. The van der Waals surface area contributed by atoms with E-state index in [9.17, 15) is 13.6 Å². The summed E-state index contributed by atoms with van der Waals surface area (Å²) in [7, 11) is 1.36. The fourth-order valence-corrected chi connectivity index (χ4v) is 3.00. The summed E-state index contributed by atoms with van der Waals surface area (Å²) >= 11 is 0. The highest BCUT2D eigenvalue weighted by Gasteiger charge is 2.22. The van der Waals surface area contributed by atoms with E-state index in [2.05, 4.69) is 19.9 Å². The van der Waals surface area contributed by atoms with Crippen molar-refractivity contribution in [3.05, 3.63) is 48.3 Å². The molecule has 0 saturated carbocycles. The molecule has 0 aliphatic carbocycles. The maximum absolute atomic E-state index is 12.5. The molecule has 2 amide bonds. The number of carbonyl (C=O) groups excluding carboxylic acids is 1. The Morgan fingerprint density at radius 3 is 2.64 bits per heavy atom. The van der Waals surface area contributed by atoms with E-state index in [4.69, 9.17) is 4.74 Å². The molecule has 2 heterocycles. The Balaban J connectivity index is 1.54. The molecular formula is C19H22F2N4O3. The molecule has 0 bridgehead atoms. The number of hydrogen-bond acceptors (Lipinski definition) is 5. The lowest BCUT2D eigenvalue weighted by atomic mass is 10.2. The molecule has 1 N–H and O–H groups in total. The van der Waals surface area contributed by atoms with E-state index < -0.39 is 6.61 Å². The van der Waals surface area contributed by atoms with Crippen molar-refractivity contribution >= 4 is 11.7 Å². The molecule has 7 nitrogen and oxygen atoms in total. The Morgan fingerprint density at radius 2 is 2.00 bits per heavy atom. The quantitative estimate of drug-likeness (QED) is 0.819. The molecule has 150 valence electrons. The van der Waals surface area contributed by atoms with Crippen LogP contribution in [0.3, 0.4) is 0 Å². The third-order valence-electron chi connectivity index (χ3n) is 4.42. The van der Waals surface area contributed by atoms with Gasteiger partial charge in [-0.25, -0.2) is 4.79 Å². The van der Waals surface area contributed by atoms with Gasteiger partial charge in [0, 0.05) is 56.9 Å². The summed E-state index contributed by atoms with van der Waals surface area (Å²) < 4.78 is 34.5. The topological polar surface area (TPSA) is 66.9 Å². The number of pyridine rings is 1. The summed E-state index contributed by atoms with van der Waals surface area (Å²) in [6.45, 7) is 0.434. The first-order valence-electron chi connectivity index (χ1n) is 8.85. The minimum absolute atomic E-state index is 0.128. The number of carbonyl (C=O) groups is 1. The van der Waals surface area contributed by atoms with Gasteiger partial charge in [-0.3, -0.25) is 9.88 Å². The standard InChI is InChI=1S/C19H22F2N4O3/c1-27-16-5-4-15(11-17(16)28-18(20)21)23-19(26)25-9-7-24(8-10-25)13-14-3-2-6-22-12-14/h2-6,11-12,18H,7-10,13H2,1H3,(H,23,26). The van der Waals surface area contributed by atoms with Crippen LogP contribution >= 0.6 is 0 Å². The molecule has 0 unspecified atom stereocenters. The number of halogens is 2. The molecule has 1 aromatic carbocycles. The highest BCUT2D eigenvalue weighted by molar-refractivity contribution is 5.89. The van der Waals surface area contributed by atoms with Crippen LogP contribution in [0.2, 0.25) is 0 Å². The molecule has 1 saturated heterocycles. The molecule has 1 aliphatic rings. The van der Waals surface area contributed by atoms with Gasteiger partial charge in [0.15, 0.2) is 11.5 Å². The number of anilines is 1. The van der Waals surface area contributed by atoms with Gasteiger partial charge in [-0.05, 0) is 23.8 Å². The van der Waals surface area contributed by atoms with E-state index in [1.165, 1.54) is 19.2 Å². The van der Waals surface area contributed by atoms with Crippen LogP contribution in [0.25, 0.3) is 0 Å². The minimum atomic E-state index is -2.98. The van der Waals surface area contributed by atoms with E-state index >= 15 is 0 Å². The normalized spacial score (nSPS) is 14.8. The number of piperazine rings is 1. The number of methoxy groups -OCH3 is 1. The smallest absolute Gasteiger partial charge is 0.387 e. The molecule has 28 heavy (non-hydrogen) atoms. The second-order valence-electron chi connectivity index (χ2n) is 6.30. The Kier molecular flexibility index (Phi) is 6.59. The number of benzene rings is 1. The van der Waals surface area contributed by atoms with Gasteiger partial charge in [-0.1, -0.05) is 6.07 Å². The van der Waals surface area contributed by atoms with E-state index in [-0.39, 0.29) is 17.5 Å². The number of aromatic nitrogens is 1. The van der Waals surface area contributed by atoms with Gasteiger partial charge in [-0.2, -0.15) is 8.78 Å². The number of alkyl halides is 2. The summed E-state index contributed by atoms with van der Waals surface area (Å²) in [6, 6.07) is 8.01. The minimum Gasteiger partial charge on any atom is -0.493 e. The Morgan fingerprint density at radius 1 is 1.21 bits per heavy atom. The number of nitrogens with one attached hydrogen (secondary N) is 1. The number of amides is 2. The van der Waals surface area contributed by atoms with Crippen LogP contribution in [0.4, 0.5) is 19.3 Å². The molecule has 2 aromatic rings. The van der Waals surface area contributed by atoms with E-state index in [1.807, 2.05) is 18.3 Å². The Labute approximate surface area is 161 Å². The van der Waals surface area contributed by atoms with Crippen LogP contribution in [0.15, 0.2) is 42.7 Å². The molecule has 9 heteroatoms. The maximum Gasteiger partial charge on any atom is 0.387 e. The SMILES string of the molecule is COc1ccc(NC(=O)N2CCN(Cc3cccnc3)CC2)cc1OC(F)F. The monoisotopic (exact) mass is 392 g/mol. The fourth-order valence-electron chi connectivity index (χ4n) is 3.00. The third-order valence-corrected chi connectivity index (χ3v) is 4.42. The Bertz CT molecular complexity index is 784. The zero-order chi connectivity index (χ0) is 19.9. The van der Waals surface area contributed by atoms with Crippen LogP contribution in [-0.4, -0.2) is 60.7 Å². The predicted octanol–water partition coefficient (Wildman–Crippen LogP) is 3.04. The van der Waals surface area contributed by atoms with Crippen LogP contribution in [0, 0.1) is 0 Å². The molecule has 1 aromatic heterocycles. The second kappa shape index (κ2) is 9.32. The molecule has 1 aliphatic heterocycles. The molecular weight excluding hydrogens is 370 g/mol. The van der Waals surface area contributed by atoms with Crippen molar-refractivity contribution in [1.29, 1.82) is 0 Å². The van der Waals surface area contributed by atoms with E-state index in [0.29, 0.717) is 18.8 Å². The van der Waals surface area contributed by atoms with Crippen molar-refractivity contribution in [2.75, 3.05) is 38.6 Å². The predicted molar refractivity (Wildman–Crippen MR) is 99.7 cm³/mol. The van der Waals surface area contributed by atoms with Crippen LogP contribution < -0.4 is 14.8 Å². The lowest BCUT2D eigenvalue weighted by Crippen LogP contribution is -2.49. The van der Waals surface area contributed by atoms with Gasteiger partial charge >= 0.3 is 12.6 Å². The summed E-state index contributed by atoms with van der Waals surface area (Å²) in [5, 5.41) is 2.72. The number of nitrogens with zero attached hydrogens (tertiary/aromatic N) is 3. The van der Waals surface area contributed by atoms with Crippen molar-refractivity contribution in [2.24, 2.45) is 0 Å². The van der Waals surface area contributed by atoms with Gasteiger partial charge in [-0.15, -0.1) is 0 Å². The van der Waals surface area contributed by atoms with Crippen molar-refractivity contribution in [3.8, 4) is 11.5 Å². The lowest BCUT2D eigenvalue weighted by molar-refractivity contribution is -0.0511. The van der Waals surface area contributed by atoms with E-state index in [1.54, 1.807) is 17.2 Å². The van der Waals surface area contributed by atoms with Gasteiger partial charge in [0.1, 0.15) is 0 Å². The number of ether oxygens (including phenoxy) is 2. The lowest BCUT2D eigenvalue weighted by Gasteiger charge is -2.34. The molecule has 0 radical (unpaired) electrons. The zero-order valence-electron chi connectivity index (χ0n) is 15.5. The summed E-state index contributed by atoms with van der Waals surface area (Å²) in [5.74, 6) is 0.0407. The Hall–Kier alpha value is -2.94. The average molecular weight is 392 g/mol. The van der Waals surface area contributed by atoms with Gasteiger partial charge < -0.3 is 19.7 Å². The largest absolute Gasteiger partial charge is 0.493 e. The van der Waals surface area contributed by atoms with Crippen molar-refractivity contribution < 1.29 is 23.0 Å². The second-order valence-corrected chi connectivity index (χ2v) is 6.30. The van der Waals surface area contributed by atoms with Crippen molar-refractivity contribution in [3.63, 3.8) is 0 Å². The number of urea groups is 1. The van der Waals surface area contributed by atoms with Gasteiger partial charge in [0.2, 0.25) is 0 Å². The third kappa shape index (κ3) is 5.29. The van der Waals surface area contributed by atoms with E-state index in [0.717, 1.165) is 25.2 Å².